The third-order valence-corrected chi connectivity index (χ3v) is 2.42. The summed E-state index contributed by atoms with van der Waals surface area (Å²) in [5.74, 6) is 6.62. The molecule has 0 aliphatic heterocycles. The van der Waals surface area contributed by atoms with Crippen LogP contribution in [0.2, 0.25) is 0 Å². The Bertz CT molecular complexity index is 495. The highest BCUT2D eigenvalue weighted by molar-refractivity contribution is 5.55. The van der Waals surface area contributed by atoms with E-state index < -0.39 is 0 Å². The molecule has 16 heavy (non-hydrogen) atoms. The van der Waals surface area contributed by atoms with Gasteiger partial charge in [0.15, 0.2) is 5.82 Å². The van der Waals surface area contributed by atoms with E-state index in [1.165, 1.54) is 0 Å². The lowest BCUT2D eigenvalue weighted by Crippen LogP contribution is -2.12. The third kappa shape index (κ3) is 1.85. The first kappa shape index (κ1) is 10.5. The standard InChI is InChI=1S/C11H13N5/c1-7-8(2)14-11(15-10(7)16-12)9-5-3-4-6-13-9/h3-6H,12H2,1-2H3,(H,14,15,16). The molecule has 0 bridgehead atoms. The van der Waals surface area contributed by atoms with Gasteiger partial charge in [0.25, 0.3) is 0 Å². The molecule has 0 saturated heterocycles. The molecule has 0 aliphatic carbocycles. The molecular weight excluding hydrogens is 202 g/mol. The van der Waals surface area contributed by atoms with Crippen molar-refractivity contribution in [2.45, 2.75) is 13.8 Å². The minimum absolute atomic E-state index is 0.580. The SMILES string of the molecule is Cc1nc(-c2ccccn2)nc(NN)c1C. The Kier molecular flexibility index (Phi) is 2.78. The third-order valence-electron chi connectivity index (χ3n) is 2.42. The number of aromatic nitrogens is 3. The molecule has 5 nitrogen and oxygen atoms in total. The van der Waals surface area contributed by atoms with Gasteiger partial charge in [0, 0.05) is 17.5 Å². The first-order valence-corrected chi connectivity index (χ1v) is 4.95. The lowest BCUT2D eigenvalue weighted by atomic mass is 10.2. The summed E-state index contributed by atoms with van der Waals surface area (Å²) in [6.07, 6.45) is 1.71. The van der Waals surface area contributed by atoms with E-state index in [2.05, 4.69) is 20.4 Å². The van der Waals surface area contributed by atoms with Crippen molar-refractivity contribution in [3.63, 3.8) is 0 Å². The first-order chi connectivity index (χ1) is 7.72. The van der Waals surface area contributed by atoms with Crippen LogP contribution in [0.4, 0.5) is 5.82 Å². The Labute approximate surface area is 93.7 Å². The van der Waals surface area contributed by atoms with Crippen LogP contribution in [0, 0.1) is 13.8 Å². The highest BCUT2D eigenvalue weighted by Crippen LogP contribution is 2.18. The molecule has 0 aliphatic rings. The van der Waals surface area contributed by atoms with Crippen molar-refractivity contribution in [1.82, 2.24) is 15.0 Å². The fourth-order valence-electron chi connectivity index (χ4n) is 1.38. The topological polar surface area (TPSA) is 76.7 Å². The molecule has 0 amide bonds. The van der Waals surface area contributed by atoms with Crippen LogP contribution in [0.1, 0.15) is 11.3 Å². The van der Waals surface area contributed by atoms with Gasteiger partial charge in [-0.3, -0.25) is 4.98 Å². The molecule has 5 heteroatoms. The van der Waals surface area contributed by atoms with Crippen LogP contribution in [0.25, 0.3) is 11.5 Å². The molecular formula is C11H13N5. The summed E-state index contributed by atoms with van der Waals surface area (Å²) in [7, 11) is 0. The van der Waals surface area contributed by atoms with E-state index in [4.69, 9.17) is 5.84 Å². The van der Waals surface area contributed by atoms with E-state index >= 15 is 0 Å². The van der Waals surface area contributed by atoms with E-state index in [1.807, 2.05) is 32.0 Å². The predicted octanol–water partition coefficient (Wildman–Crippen LogP) is 1.44. The molecule has 2 aromatic rings. The van der Waals surface area contributed by atoms with Gasteiger partial charge in [-0.2, -0.15) is 0 Å². The summed E-state index contributed by atoms with van der Waals surface area (Å²) in [6, 6.07) is 5.62. The number of anilines is 1. The quantitative estimate of drug-likeness (QED) is 0.585. The molecule has 0 atom stereocenters. The Balaban J connectivity index is 2.55. The average molecular weight is 215 g/mol. The van der Waals surface area contributed by atoms with E-state index in [9.17, 15) is 0 Å². The van der Waals surface area contributed by atoms with Crippen molar-refractivity contribution in [3.8, 4) is 11.5 Å². The average Bonchev–Trinajstić information content (AvgIpc) is 2.33. The number of nitrogens with zero attached hydrogens (tertiary/aromatic N) is 3. The van der Waals surface area contributed by atoms with Crippen LogP contribution >= 0.6 is 0 Å². The summed E-state index contributed by atoms with van der Waals surface area (Å²) >= 11 is 0. The number of aryl methyl sites for hydroxylation is 1. The fourth-order valence-corrected chi connectivity index (χ4v) is 1.38. The maximum absolute atomic E-state index is 5.41. The van der Waals surface area contributed by atoms with Gasteiger partial charge >= 0.3 is 0 Å². The zero-order chi connectivity index (χ0) is 11.5. The number of pyridine rings is 1. The van der Waals surface area contributed by atoms with Crippen LogP contribution in [0.15, 0.2) is 24.4 Å². The molecule has 3 N–H and O–H groups in total. The van der Waals surface area contributed by atoms with Gasteiger partial charge in [-0.05, 0) is 26.0 Å². The Hall–Kier alpha value is -2.01. The van der Waals surface area contributed by atoms with Crippen LogP contribution in [0.3, 0.4) is 0 Å². The Morgan fingerprint density at radius 3 is 2.62 bits per heavy atom. The minimum atomic E-state index is 0.580. The van der Waals surface area contributed by atoms with Gasteiger partial charge in [-0.25, -0.2) is 15.8 Å². The molecule has 2 rings (SSSR count). The van der Waals surface area contributed by atoms with Crippen LogP contribution < -0.4 is 11.3 Å². The maximum Gasteiger partial charge on any atom is 0.180 e. The van der Waals surface area contributed by atoms with Crippen molar-refractivity contribution in [2.75, 3.05) is 5.43 Å². The second-order valence-electron chi connectivity index (χ2n) is 3.47. The first-order valence-electron chi connectivity index (χ1n) is 4.95. The van der Waals surface area contributed by atoms with Gasteiger partial charge in [-0.15, -0.1) is 0 Å². The largest absolute Gasteiger partial charge is 0.308 e. The predicted molar refractivity (Wildman–Crippen MR) is 62.5 cm³/mol. The van der Waals surface area contributed by atoms with Crippen molar-refractivity contribution in [3.05, 3.63) is 35.7 Å². The number of nitrogens with two attached hydrogens (primary N) is 1. The smallest absolute Gasteiger partial charge is 0.180 e. The van der Waals surface area contributed by atoms with Crippen molar-refractivity contribution in [2.24, 2.45) is 5.84 Å². The molecule has 0 unspecified atom stereocenters. The summed E-state index contributed by atoms with van der Waals surface area (Å²) in [6.45, 7) is 3.84. The van der Waals surface area contributed by atoms with E-state index in [0.29, 0.717) is 11.6 Å². The maximum atomic E-state index is 5.41. The van der Waals surface area contributed by atoms with E-state index in [1.54, 1.807) is 6.20 Å². The van der Waals surface area contributed by atoms with Gasteiger partial charge in [0.2, 0.25) is 0 Å². The Morgan fingerprint density at radius 2 is 2.00 bits per heavy atom. The zero-order valence-electron chi connectivity index (χ0n) is 9.23. The number of hydrogen-bond acceptors (Lipinski definition) is 5. The molecule has 0 saturated carbocycles. The molecule has 0 aromatic carbocycles. The zero-order valence-corrected chi connectivity index (χ0v) is 9.23. The fraction of sp³-hybridized carbons (Fsp3) is 0.182. The summed E-state index contributed by atoms with van der Waals surface area (Å²) < 4.78 is 0. The van der Waals surface area contributed by atoms with Crippen molar-refractivity contribution in [1.29, 1.82) is 0 Å². The summed E-state index contributed by atoms with van der Waals surface area (Å²) in [4.78, 5) is 12.9. The molecule has 0 fully saturated rings. The number of rotatable bonds is 2. The molecule has 0 spiro atoms. The molecule has 0 radical (unpaired) electrons. The number of hydrogen-bond donors (Lipinski definition) is 2. The number of nitrogen functional groups attached to an aromatic ring is 1. The normalized spacial score (nSPS) is 10.2. The van der Waals surface area contributed by atoms with Crippen molar-refractivity contribution >= 4 is 5.82 Å². The van der Waals surface area contributed by atoms with Gasteiger partial charge < -0.3 is 5.43 Å². The van der Waals surface area contributed by atoms with Crippen LogP contribution in [-0.2, 0) is 0 Å². The van der Waals surface area contributed by atoms with Gasteiger partial charge in [0.1, 0.15) is 11.5 Å². The number of hydrazine groups is 1. The van der Waals surface area contributed by atoms with Gasteiger partial charge in [0.05, 0.1) is 0 Å². The number of nitrogens with one attached hydrogen (secondary N) is 1. The molecule has 2 heterocycles. The Morgan fingerprint density at radius 1 is 1.19 bits per heavy atom. The molecule has 2 aromatic heterocycles. The summed E-state index contributed by atoms with van der Waals surface area (Å²) in [5.41, 5.74) is 5.14. The van der Waals surface area contributed by atoms with E-state index in [-0.39, 0.29) is 0 Å². The van der Waals surface area contributed by atoms with Crippen molar-refractivity contribution < 1.29 is 0 Å². The second-order valence-corrected chi connectivity index (χ2v) is 3.47. The lowest BCUT2D eigenvalue weighted by molar-refractivity contribution is 1.04. The van der Waals surface area contributed by atoms with Crippen LogP contribution in [0.5, 0.6) is 0 Å². The lowest BCUT2D eigenvalue weighted by Gasteiger charge is -2.08. The van der Waals surface area contributed by atoms with E-state index in [0.717, 1.165) is 17.0 Å². The minimum Gasteiger partial charge on any atom is -0.308 e. The second kappa shape index (κ2) is 4.24. The monoisotopic (exact) mass is 215 g/mol. The highest BCUT2D eigenvalue weighted by atomic mass is 15.3. The van der Waals surface area contributed by atoms with Gasteiger partial charge in [-0.1, -0.05) is 6.07 Å². The molecule has 82 valence electrons. The summed E-state index contributed by atoms with van der Waals surface area (Å²) in [5, 5.41) is 0. The van der Waals surface area contributed by atoms with Crippen LogP contribution in [-0.4, -0.2) is 15.0 Å². The highest BCUT2D eigenvalue weighted by Gasteiger charge is 2.08.